The van der Waals surface area contributed by atoms with Gasteiger partial charge in [0.15, 0.2) is 0 Å². The molecule has 2 N–H and O–H groups in total. The second-order valence-corrected chi connectivity index (χ2v) is 4.95. The van der Waals surface area contributed by atoms with Crippen LogP contribution in [0, 0.1) is 5.82 Å². The summed E-state index contributed by atoms with van der Waals surface area (Å²) in [4.78, 5) is 2.28. The minimum atomic E-state index is -0.286. The fourth-order valence-electron chi connectivity index (χ4n) is 2.20. The highest BCUT2D eigenvalue weighted by atomic mass is 19.1. The van der Waals surface area contributed by atoms with E-state index in [1.807, 2.05) is 18.2 Å². The molecular formula is C17H21FN2. The Kier molecular flexibility index (Phi) is 4.99. The van der Waals surface area contributed by atoms with Crippen molar-refractivity contribution >= 4 is 11.4 Å². The zero-order valence-corrected chi connectivity index (χ0v) is 11.8. The van der Waals surface area contributed by atoms with Gasteiger partial charge in [-0.25, -0.2) is 4.39 Å². The Morgan fingerprint density at radius 1 is 1.10 bits per heavy atom. The van der Waals surface area contributed by atoms with E-state index in [-0.39, 0.29) is 5.82 Å². The molecular weight excluding hydrogens is 251 g/mol. The summed E-state index contributed by atoms with van der Waals surface area (Å²) in [5.41, 5.74) is 8.56. The number of benzene rings is 2. The van der Waals surface area contributed by atoms with Crippen LogP contribution in [0.2, 0.25) is 0 Å². The maximum atomic E-state index is 13.1. The van der Waals surface area contributed by atoms with Crippen molar-refractivity contribution in [3.05, 3.63) is 59.9 Å². The molecule has 2 aromatic rings. The van der Waals surface area contributed by atoms with E-state index in [0.29, 0.717) is 12.2 Å². The first-order chi connectivity index (χ1) is 9.70. The minimum absolute atomic E-state index is 0.286. The molecule has 20 heavy (non-hydrogen) atoms. The van der Waals surface area contributed by atoms with Crippen LogP contribution in [0.1, 0.15) is 25.3 Å². The number of nitrogens with two attached hydrogens (primary N) is 1. The van der Waals surface area contributed by atoms with Gasteiger partial charge in [-0.05, 0) is 36.2 Å². The van der Waals surface area contributed by atoms with Crippen LogP contribution in [0.5, 0.6) is 0 Å². The number of hydrogen-bond acceptors (Lipinski definition) is 2. The van der Waals surface area contributed by atoms with Gasteiger partial charge in [0.2, 0.25) is 0 Å². The van der Waals surface area contributed by atoms with E-state index < -0.39 is 0 Å². The molecule has 0 aliphatic carbocycles. The van der Waals surface area contributed by atoms with E-state index in [9.17, 15) is 4.39 Å². The molecule has 0 bridgehead atoms. The molecule has 0 aliphatic rings. The molecule has 0 spiro atoms. The number of halogens is 1. The van der Waals surface area contributed by atoms with Crippen LogP contribution in [-0.4, -0.2) is 6.54 Å². The summed E-state index contributed by atoms with van der Waals surface area (Å²) in [6.07, 6.45) is 2.26. The fraction of sp³-hybridized carbons (Fsp3) is 0.294. The molecule has 0 unspecified atom stereocenters. The summed E-state index contributed by atoms with van der Waals surface area (Å²) < 4.78 is 13.1. The van der Waals surface area contributed by atoms with Crippen molar-refractivity contribution in [2.24, 2.45) is 0 Å². The molecule has 106 valence electrons. The third-order valence-corrected chi connectivity index (χ3v) is 3.37. The predicted molar refractivity (Wildman–Crippen MR) is 83.2 cm³/mol. The Hall–Kier alpha value is -2.03. The molecule has 0 saturated carbocycles. The Morgan fingerprint density at radius 2 is 1.85 bits per heavy atom. The Morgan fingerprint density at radius 3 is 2.50 bits per heavy atom. The number of rotatable bonds is 6. The van der Waals surface area contributed by atoms with Crippen molar-refractivity contribution in [2.75, 3.05) is 17.2 Å². The minimum Gasteiger partial charge on any atom is -0.398 e. The lowest BCUT2D eigenvalue weighted by molar-refractivity contribution is 0.627. The van der Waals surface area contributed by atoms with Gasteiger partial charge in [0.25, 0.3) is 0 Å². The first-order valence-electron chi connectivity index (χ1n) is 7.04. The van der Waals surface area contributed by atoms with E-state index in [1.165, 1.54) is 17.8 Å². The van der Waals surface area contributed by atoms with Crippen molar-refractivity contribution in [1.82, 2.24) is 0 Å². The summed E-state index contributed by atoms with van der Waals surface area (Å²) in [5, 5.41) is 0. The smallest absolute Gasteiger partial charge is 0.125 e. The molecule has 3 heteroatoms. The monoisotopic (exact) mass is 272 g/mol. The second kappa shape index (κ2) is 6.94. The van der Waals surface area contributed by atoms with E-state index in [2.05, 4.69) is 24.0 Å². The number of nitrogens with zero attached hydrogens (tertiary/aromatic N) is 1. The van der Waals surface area contributed by atoms with Crippen molar-refractivity contribution in [2.45, 2.75) is 26.3 Å². The summed E-state index contributed by atoms with van der Waals surface area (Å²) in [6, 6.07) is 14.9. The van der Waals surface area contributed by atoms with Crippen LogP contribution in [0.3, 0.4) is 0 Å². The highest BCUT2D eigenvalue weighted by Gasteiger charge is 2.09. The van der Waals surface area contributed by atoms with Gasteiger partial charge in [-0.1, -0.05) is 37.6 Å². The zero-order chi connectivity index (χ0) is 14.4. The van der Waals surface area contributed by atoms with Gasteiger partial charge in [-0.2, -0.15) is 0 Å². The Labute approximate surface area is 120 Å². The standard InChI is InChI=1S/C17H21FN2/c1-2-3-11-20(16-7-5-4-6-8-16)13-14-9-10-15(18)12-17(14)19/h4-10,12H,2-3,11,13,19H2,1H3. The number of hydrogen-bond donors (Lipinski definition) is 1. The SMILES string of the molecule is CCCCN(Cc1ccc(F)cc1N)c1ccccc1. The number of para-hydroxylation sites is 1. The third-order valence-electron chi connectivity index (χ3n) is 3.37. The van der Waals surface area contributed by atoms with Crippen molar-refractivity contribution < 1.29 is 4.39 Å². The molecule has 0 atom stereocenters. The lowest BCUT2D eigenvalue weighted by Crippen LogP contribution is -2.24. The zero-order valence-electron chi connectivity index (χ0n) is 11.8. The predicted octanol–water partition coefficient (Wildman–Crippen LogP) is 4.21. The molecule has 0 aliphatic heterocycles. The van der Waals surface area contributed by atoms with Crippen molar-refractivity contribution in [3.63, 3.8) is 0 Å². The molecule has 2 aromatic carbocycles. The molecule has 0 saturated heterocycles. The van der Waals surface area contributed by atoms with Crippen molar-refractivity contribution in [3.8, 4) is 0 Å². The maximum absolute atomic E-state index is 13.1. The Bertz CT molecular complexity index is 540. The lowest BCUT2D eigenvalue weighted by Gasteiger charge is -2.25. The summed E-state index contributed by atoms with van der Waals surface area (Å²) in [5.74, 6) is -0.286. The van der Waals surface area contributed by atoms with Crippen LogP contribution in [0.25, 0.3) is 0 Å². The van der Waals surface area contributed by atoms with Crippen LogP contribution in [-0.2, 0) is 6.54 Å². The maximum Gasteiger partial charge on any atom is 0.125 e. The summed E-state index contributed by atoms with van der Waals surface area (Å²) >= 11 is 0. The number of nitrogen functional groups attached to an aromatic ring is 1. The van der Waals surface area contributed by atoms with E-state index in [1.54, 1.807) is 6.07 Å². The normalized spacial score (nSPS) is 10.5. The molecule has 0 fully saturated rings. The average Bonchev–Trinajstić information content (AvgIpc) is 2.46. The van der Waals surface area contributed by atoms with Gasteiger partial charge >= 0.3 is 0 Å². The summed E-state index contributed by atoms with van der Waals surface area (Å²) in [7, 11) is 0. The molecule has 0 radical (unpaired) electrons. The van der Waals surface area contributed by atoms with Crippen molar-refractivity contribution in [1.29, 1.82) is 0 Å². The first kappa shape index (κ1) is 14.4. The van der Waals surface area contributed by atoms with E-state index in [4.69, 9.17) is 5.73 Å². The quantitative estimate of drug-likeness (QED) is 0.798. The van der Waals surface area contributed by atoms with Crippen LogP contribution < -0.4 is 10.6 Å². The van der Waals surface area contributed by atoms with Gasteiger partial charge in [-0.15, -0.1) is 0 Å². The number of anilines is 2. The highest BCUT2D eigenvalue weighted by Crippen LogP contribution is 2.21. The molecule has 0 aromatic heterocycles. The van der Waals surface area contributed by atoms with Gasteiger partial charge in [0, 0.05) is 24.5 Å². The topological polar surface area (TPSA) is 29.3 Å². The van der Waals surface area contributed by atoms with E-state index in [0.717, 1.165) is 24.9 Å². The van der Waals surface area contributed by atoms with Crippen LogP contribution >= 0.6 is 0 Å². The van der Waals surface area contributed by atoms with Gasteiger partial charge < -0.3 is 10.6 Å². The molecule has 0 amide bonds. The first-order valence-corrected chi connectivity index (χ1v) is 7.04. The Balaban J connectivity index is 2.19. The molecule has 0 heterocycles. The summed E-state index contributed by atoms with van der Waals surface area (Å²) in [6.45, 7) is 3.85. The number of unbranched alkanes of at least 4 members (excludes halogenated alkanes) is 1. The van der Waals surface area contributed by atoms with Gasteiger partial charge in [0.05, 0.1) is 0 Å². The fourth-order valence-corrected chi connectivity index (χ4v) is 2.20. The third kappa shape index (κ3) is 3.73. The second-order valence-electron chi connectivity index (χ2n) is 4.95. The lowest BCUT2D eigenvalue weighted by atomic mass is 10.1. The average molecular weight is 272 g/mol. The highest BCUT2D eigenvalue weighted by molar-refractivity contribution is 5.52. The largest absolute Gasteiger partial charge is 0.398 e. The van der Waals surface area contributed by atoms with Gasteiger partial charge in [0.1, 0.15) is 5.82 Å². The van der Waals surface area contributed by atoms with Gasteiger partial charge in [-0.3, -0.25) is 0 Å². The molecule has 2 rings (SSSR count). The van der Waals surface area contributed by atoms with Crippen LogP contribution in [0.15, 0.2) is 48.5 Å². The van der Waals surface area contributed by atoms with Crippen LogP contribution in [0.4, 0.5) is 15.8 Å². The van der Waals surface area contributed by atoms with E-state index >= 15 is 0 Å². The molecule has 2 nitrogen and oxygen atoms in total.